The van der Waals surface area contributed by atoms with Crippen molar-refractivity contribution in [3.8, 4) is 10.6 Å². The summed E-state index contributed by atoms with van der Waals surface area (Å²) in [6.45, 7) is 8.25. The first-order valence-electron chi connectivity index (χ1n) is 12.4. The molecule has 0 saturated heterocycles. The number of aromatic nitrogens is 3. The largest absolute Gasteiger partial charge is 0.349 e. The van der Waals surface area contributed by atoms with Gasteiger partial charge in [-0.05, 0) is 73.4 Å². The molecule has 0 unspecified atom stereocenters. The number of anilines is 1. The molecule has 0 spiro atoms. The molecule has 36 heavy (non-hydrogen) atoms. The van der Waals surface area contributed by atoms with Crippen molar-refractivity contribution in [1.29, 1.82) is 0 Å². The summed E-state index contributed by atoms with van der Waals surface area (Å²) in [7, 11) is 0. The van der Waals surface area contributed by atoms with Gasteiger partial charge in [0.15, 0.2) is 5.65 Å². The lowest BCUT2D eigenvalue weighted by molar-refractivity contribution is 0.0911. The van der Waals surface area contributed by atoms with Crippen molar-refractivity contribution >= 4 is 40.0 Å². The average molecular weight is 502 g/mol. The van der Waals surface area contributed by atoms with Crippen LogP contribution in [0.15, 0.2) is 42.7 Å². The standard InChI is InChI=1S/C28H31N5O2S/c1-16(28(2,3)4)31-26(34)20-14-29-25-24(20)33-21(15-30-25)22-11-12-23(36-22)27(35)32-19-10-9-17-7-5-6-8-18(17)13-19/h9-16H,5-8H2,1-4H3,(H,29,30)(H,31,34)(H,32,35)/t16-/m0/s1. The van der Waals surface area contributed by atoms with Gasteiger partial charge in [-0.3, -0.25) is 9.59 Å². The Morgan fingerprint density at radius 2 is 1.83 bits per heavy atom. The molecule has 3 aromatic heterocycles. The molecule has 0 bridgehead atoms. The Morgan fingerprint density at radius 1 is 1.06 bits per heavy atom. The minimum atomic E-state index is -0.188. The predicted molar refractivity (Wildman–Crippen MR) is 145 cm³/mol. The third-order valence-corrected chi connectivity index (χ3v) is 8.07. The molecule has 0 fully saturated rings. The molecular formula is C28H31N5O2S. The van der Waals surface area contributed by atoms with E-state index in [-0.39, 0.29) is 23.3 Å². The first-order valence-corrected chi connectivity index (χ1v) is 13.2. The second-order valence-corrected chi connectivity index (χ2v) is 11.6. The van der Waals surface area contributed by atoms with Gasteiger partial charge in [0.2, 0.25) is 0 Å². The van der Waals surface area contributed by atoms with Gasteiger partial charge in [0.1, 0.15) is 5.52 Å². The summed E-state index contributed by atoms with van der Waals surface area (Å²) in [6.07, 6.45) is 7.92. The Hall–Kier alpha value is -3.52. The number of benzene rings is 1. The first kappa shape index (κ1) is 24.2. The number of fused-ring (bicyclic) bond motifs is 2. The number of hydrogen-bond acceptors (Lipinski definition) is 5. The molecule has 186 valence electrons. The number of aryl methyl sites for hydroxylation is 2. The number of H-pyrrole nitrogens is 1. The van der Waals surface area contributed by atoms with E-state index in [9.17, 15) is 9.59 Å². The lowest BCUT2D eigenvalue weighted by atomic mass is 9.88. The van der Waals surface area contributed by atoms with E-state index in [0.29, 0.717) is 27.3 Å². The molecule has 3 N–H and O–H groups in total. The molecule has 1 aliphatic rings. The normalized spacial score (nSPS) is 14.3. The maximum atomic E-state index is 12.9. The average Bonchev–Trinajstić information content (AvgIpc) is 3.50. The zero-order valence-corrected chi connectivity index (χ0v) is 21.9. The van der Waals surface area contributed by atoms with Crippen molar-refractivity contribution in [3.63, 3.8) is 0 Å². The van der Waals surface area contributed by atoms with Crippen LogP contribution in [-0.4, -0.2) is 32.8 Å². The summed E-state index contributed by atoms with van der Waals surface area (Å²) >= 11 is 1.36. The number of thiophene rings is 1. The SMILES string of the molecule is C[C@H](NC(=O)c1c[nH]c2ncc(-c3ccc(C(=O)Nc4ccc5c(c4)CCCC5)s3)nc12)C(C)(C)C. The van der Waals surface area contributed by atoms with Crippen molar-refractivity contribution in [2.75, 3.05) is 5.32 Å². The molecular weight excluding hydrogens is 470 g/mol. The van der Waals surface area contributed by atoms with Crippen LogP contribution in [0.2, 0.25) is 0 Å². The zero-order valence-electron chi connectivity index (χ0n) is 21.1. The Balaban J connectivity index is 1.35. The predicted octanol–water partition coefficient (Wildman–Crippen LogP) is 5.98. The molecule has 0 saturated carbocycles. The number of rotatable bonds is 5. The molecule has 1 aliphatic carbocycles. The maximum absolute atomic E-state index is 12.9. The van der Waals surface area contributed by atoms with Crippen LogP contribution in [-0.2, 0) is 12.8 Å². The van der Waals surface area contributed by atoms with Gasteiger partial charge in [0, 0.05) is 17.9 Å². The molecule has 1 atom stereocenters. The monoisotopic (exact) mass is 501 g/mol. The Bertz CT molecular complexity index is 1450. The van der Waals surface area contributed by atoms with Crippen LogP contribution in [0.25, 0.3) is 21.7 Å². The van der Waals surface area contributed by atoms with Crippen LogP contribution in [0.1, 0.15) is 71.7 Å². The lowest BCUT2D eigenvalue weighted by Gasteiger charge is -2.27. The van der Waals surface area contributed by atoms with Gasteiger partial charge in [-0.25, -0.2) is 9.97 Å². The van der Waals surface area contributed by atoms with Gasteiger partial charge in [-0.15, -0.1) is 11.3 Å². The lowest BCUT2D eigenvalue weighted by Crippen LogP contribution is -2.41. The van der Waals surface area contributed by atoms with E-state index in [2.05, 4.69) is 53.5 Å². The number of nitrogens with zero attached hydrogens (tertiary/aromatic N) is 2. The molecule has 0 radical (unpaired) electrons. The summed E-state index contributed by atoms with van der Waals surface area (Å²) in [5.41, 5.74) is 5.62. The fourth-order valence-corrected chi connectivity index (χ4v) is 5.13. The molecule has 4 aromatic rings. The van der Waals surface area contributed by atoms with Crippen LogP contribution < -0.4 is 10.6 Å². The van der Waals surface area contributed by atoms with Crippen LogP contribution in [0.5, 0.6) is 0 Å². The Labute approximate surface area is 214 Å². The summed E-state index contributed by atoms with van der Waals surface area (Å²) in [5, 5.41) is 6.09. The van der Waals surface area contributed by atoms with Crippen LogP contribution in [0.4, 0.5) is 5.69 Å². The Morgan fingerprint density at radius 3 is 2.61 bits per heavy atom. The van der Waals surface area contributed by atoms with E-state index in [1.807, 2.05) is 19.1 Å². The molecule has 7 nitrogen and oxygen atoms in total. The fourth-order valence-electron chi connectivity index (χ4n) is 4.28. The molecule has 1 aromatic carbocycles. The highest BCUT2D eigenvalue weighted by Gasteiger charge is 2.24. The molecule has 3 heterocycles. The highest BCUT2D eigenvalue weighted by molar-refractivity contribution is 7.17. The van der Waals surface area contributed by atoms with E-state index in [1.165, 1.54) is 35.3 Å². The second kappa shape index (κ2) is 9.50. The number of amides is 2. The van der Waals surface area contributed by atoms with E-state index in [1.54, 1.807) is 18.5 Å². The van der Waals surface area contributed by atoms with Crippen LogP contribution in [0, 0.1) is 5.41 Å². The third-order valence-electron chi connectivity index (χ3n) is 6.96. The summed E-state index contributed by atoms with van der Waals surface area (Å²) in [5.74, 6) is -0.333. The number of hydrogen-bond donors (Lipinski definition) is 3. The van der Waals surface area contributed by atoms with Crippen LogP contribution >= 0.6 is 11.3 Å². The number of carbonyl (C=O) groups is 2. The maximum Gasteiger partial charge on any atom is 0.265 e. The summed E-state index contributed by atoms with van der Waals surface area (Å²) in [4.78, 5) is 39.5. The topological polar surface area (TPSA) is 99.8 Å². The summed E-state index contributed by atoms with van der Waals surface area (Å²) in [6, 6.07) is 9.86. The molecule has 5 rings (SSSR count). The number of carbonyl (C=O) groups excluding carboxylic acids is 2. The van der Waals surface area contributed by atoms with Crippen molar-refractivity contribution < 1.29 is 9.59 Å². The van der Waals surface area contributed by atoms with E-state index in [0.717, 1.165) is 23.4 Å². The van der Waals surface area contributed by atoms with Gasteiger partial charge >= 0.3 is 0 Å². The van der Waals surface area contributed by atoms with Crippen molar-refractivity contribution in [1.82, 2.24) is 20.3 Å². The first-order chi connectivity index (χ1) is 17.2. The number of nitrogens with one attached hydrogen (secondary N) is 3. The van der Waals surface area contributed by atoms with Gasteiger partial charge in [0.25, 0.3) is 11.8 Å². The van der Waals surface area contributed by atoms with Crippen molar-refractivity contribution in [3.05, 3.63) is 64.3 Å². The molecule has 0 aliphatic heterocycles. The molecule has 2 amide bonds. The van der Waals surface area contributed by atoms with E-state index in [4.69, 9.17) is 4.98 Å². The van der Waals surface area contributed by atoms with Crippen molar-refractivity contribution in [2.45, 2.75) is 59.4 Å². The third kappa shape index (κ3) is 4.91. The van der Waals surface area contributed by atoms with E-state index < -0.39 is 0 Å². The van der Waals surface area contributed by atoms with E-state index >= 15 is 0 Å². The highest BCUT2D eigenvalue weighted by Crippen LogP contribution is 2.30. The number of aromatic amines is 1. The fraction of sp³-hybridized carbons (Fsp3) is 0.357. The quantitative estimate of drug-likeness (QED) is 0.313. The highest BCUT2D eigenvalue weighted by atomic mass is 32.1. The Kier molecular flexibility index (Phi) is 6.38. The van der Waals surface area contributed by atoms with Gasteiger partial charge in [-0.1, -0.05) is 26.8 Å². The smallest absolute Gasteiger partial charge is 0.265 e. The van der Waals surface area contributed by atoms with Gasteiger partial charge in [0.05, 0.1) is 27.2 Å². The van der Waals surface area contributed by atoms with Crippen LogP contribution in [0.3, 0.4) is 0 Å². The minimum absolute atomic E-state index is 0.0143. The second-order valence-electron chi connectivity index (χ2n) is 10.5. The van der Waals surface area contributed by atoms with Crippen molar-refractivity contribution in [2.24, 2.45) is 5.41 Å². The van der Waals surface area contributed by atoms with Gasteiger partial charge < -0.3 is 15.6 Å². The minimum Gasteiger partial charge on any atom is -0.349 e. The molecule has 8 heteroatoms. The van der Waals surface area contributed by atoms with Gasteiger partial charge in [-0.2, -0.15) is 0 Å². The summed E-state index contributed by atoms with van der Waals surface area (Å²) < 4.78 is 0. The zero-order chi connectivity index (χ0) is 25.4.